The highest BCUT2D eigenvalue weighted by Crippen LogP contribution is 2.40. The molecule has 0 fully saturated rings. The van der Waals surface area contributed by atoms with Gasteiger partial charge in [0.25, 0.3) is 5.91 Å². The summed E-state index contributed by atoms with van der Waals surface area (Å²) in [6, 6.07) is 15.1. The molecule has 0 spiro atoms. The summed E-state index contributed by atoms with van der Waals surface area (Å²) in [6.45, 7) is -0.112. The number of alkyl halides is 3. The molecule has 3 aromatic rings. The second-order valence-electron chi connectivity index (χ2n) is 6.33. The normalized spacial score (nSPS) is 13.1. The molecule has 0 aliphatic carbocycles. The standard InChI is InChI=1S/C21H14F3NO3/c22-21(23,24)15-5-7-19-17(10-15)25-20(27)16-9-14(4-6-18(16)28-19)13-3-1-2-12(8-13)11-26/h1-10,26H,11H2,(H,25,27). The van der Waals surface area contributed by atoms with E-state index >= 15 is 0 Å². The molecule has 2 N–H and O–H groups in total. The Morgan fingerprint density at radius 2 is 1.68 bits per heavy atom. The van der Waals surface area contributed by atoms with E-state index in [4.69, 9.17) is 4.74 Å². The number of hydrogen-bond acceptors (Lipinski definition) is 3. The number of anilines is 1. The van der Waals surface area contributed by atoms with Gasteiger partial charge in [-0.1, -0.05) is 24.3 Å². The lowest BCUT2D eigenvalue weighted by molar-refractivity contribution is -0.137. The zero-order valence-corrected chi connectivity index (χ0v) is 14.4. The van der Waals surface area contributed by atoms with Gasteiger partial charge in [0, 0.05) is 0 Å². The van der Waals surface area contributed by atoms with Gasteiger partial charge in [0.05, 0.1) is 23.4 Å². The molecular weight excluding hydrogens is 371 g/mol. The molecule has 0 bridgehead atoms. The zero-order chi connectivity index (χ0) is 19.9. The number of aliphatic hydroxyl groups excluding tert-OH is 1. The van der Waals surface area contributed by atoms with Crippen LogP contribution in [0, 0.1) is 0 Å². The molecule has 28 heavy (non-hydrogen) atoms. The maximum absolute atomic E-state index is 13.0. The van der Waals surface area contributed by atoms with Crippen LogP contribution < -0.4 is 10.1 Å². The van der Waals surface area contributed by atoms with Gasteiger partial charge in [-0.15, -0.1) is 0 Å². The minimum Gasteiger partial charge on any atom is -0.454 e. The van der Waals surface area contributed by atoms with Crippen molar-refractivity contribution in [1.82, 2.24) is 0 Å². The fourth-order valence-corrected chi connectivity index (χ4v) is 3.03. The van der Waals surface area contributed by atoms with Crippen LogP contribution in [0.4, 0.5) is 18.9 Å². The highest BCUT2D eigenvalue weighted by atomic mass is 19.4. The molecule has 0 saturated carbocycles. The minimum atomic E-state index is -4.52. The summed E-state index contributed by atoms with van der Waals surface area (Å²) in [5.74, 6) is -0.179. The van der Waals surface area contributed by atoms with E-state index in [0.717, 1.165) is 28.8 Å². The highest BCUT2D eigenvalue weighted by Gasteiger charge is 2.32. The van der Waals surface area contributed by atoms with Gasteiger partial charge in [-0.2, -0.15) is 13.2 Å². The number of ether oxygens (including phenoxy) is 1. The molecule has 0 radical (unpaired) electrons. The van der Waals surface area contributed by atoms with Crippen molar-refractivity contribution in [3.8, 4) is 22.6 Å². The fraction of sp³-hybridized carbons (Fsp3) is 0.0952. The Hall–Kier alpha value is -3.32. The second kappa shape index (κ2) is 6.69. The van der Waals surface area contributed by atoms with Crippen LogP contribution in [-0.2, 0) is 12.8 Å². The molecule has 0 saturated heterocycles. The Bertz CT molecular complexity index is 1080. The predicted octanol–water partition coefficient (Wildman–Crippen LogP) is 5.22. The second-order valence-corrected chi connectivity index (χ2v) is 6.33. The number of fused-ring (bicyclic) bond motifs is 2. The van der Waals surface area contributed by atoms with Crippen LogP contribution in [0.2, 0.25) is 0 Å². The van der Waals surface area contributed by atoms with E-state index in [1.165, 1.54) is 6.07 Å². The third kappa shape index (κ3) is 3.32. The average Bonchev–Trinajstić information content (AvgIpc) is 2.82. The van der Waals surface area contributed by atoms with Crippen molar-refractivity contribution in [1.29, 1.82) is 0 Å². The van der Waals surface area contributed by atoms with Crippen molar-refractivity contribution in [2.24, 2.45) is 0 Å². The third-order valence-corrected chi connectivity index (χ3v) is 4.44. The molecule has 7 heteroatoms. The van der Waals surface area contributed by atoms with Crippen LogP contribution in [-0.4, -0.2) is 11.0 Å². The Morgan fingerprint density at radius 1 is 0.929 bits per heavy atom. The molecule has 1 amide bonds. The van der Waals surface area contributed by atoms with E-state index in [-0.39, 0.29) is 29.4 Å². The van der Waals surface area contributed by atoms with Gasteiger partial charge < -0.3 is 15.2 Å². The van der Waals surface area contributed by atoms with Gasteiger partial charge in [-0.3, -0.25) is 4.79 Å². The Morgan fingerprint density at radius 3 is 2.43 bits per heavy atom. The number of halogens is 3. The number of amides is 1. The first-order valence-electron chi connectivity index (χ1n) is 8.40. The van der Waals surface area contributed by atoms with Crippen molar-refractivity contribution in [3.05, 3.63) is 77.4 Å². The van der Waals surface area contributed by atoms with Gasteiger partial charge in [0.1, 0.15) is 5.75 Å². The summed E-state index contributed by atoms with van der Waals surface area (Å²) in [6.07, 6.45) is -4.52. The molecule has 0 atom stereocenters. The maximum atomic E-state index is 13.0. The molecule has 4 nitrogen and oxygen atoms in total. The van der Waals surface area contributed by atoms with Crippen molar-refractivity contribution in [3.63, 3.8) is 0 Å². The van der Waals surface area contributed by atoms with Crippen LogP contribution in [0.3, 0.4) is 0 Å². The fourth-order valence-electron chi connectivity index (χ4n) is 3.03. The molecule has 3 aromatic carbocycles. The molecule has 142 valence electrons. The van der Waals surface area contributed by atoms with Crippen molar-refractivity contribution < 1.29 is 27.8 Å². The SMILES string of the molecule is O=C1Nc2cc(C(F)(F)F)ccc2Oc2ccc(-c3cccc(CO)c3)cc21. The average molecular weight is 385 g/mol. The molecule has 1 heterocycles. The van der Waals surface area contributed by atoms with E-state index in [0.29, 0.717) is 0 Å². The van der Waals surface area contributed by atoms with Gasteiger partial charge in [-0.05, 0) is 53.1 Å². The van der Waals surface area contributed by atoms with Crippen molar-refractivity contribution in [2.75, 3.05) is 5.32 Å². The summed E-state index contributed by atoms with van der Waals surface area (Å²) in [5, 5.41) is 11.8. The number of hydrogen-bond donors (Lipinski definition) is 2. The Balaban J connectivity index is 1.74. The quantitative estimate of drug-likeness (QED) is 0.636. The van der Waals surface area contributed by atoms with Crippen LogP contribution in [0.1, 0.15) is 21.5 Å². The predicted molar refractivity (Wildman–Crippen MR) is 97.3 cm³/mol. The first kappa shape index (κ1) is 18.1. The summed E-state index contributed by atoms with van der Waals surface area (Å²) in [7, 11) is 0. The van der Waals surface area contributed by atoms with E-state index in [1.807, 2.05) is 6.07 Å². The third-order valence-electron chi connectivity index (χ3n) is 4.44. The molecule has 1 aliphatic heterocycles. The Kier molecular flexibility index (Phi) is 4.31. The van der Waals surface area contributed by atoms with Gasteiger partial charge >= 0.3 is 6.18 Å². The zero-order valence-electron chi connectivity index (χ0n) is 14.4. The summed E-state index contributed by atoms with van der Waals surface area (Å²) >= 11 is 0. The van der Waals surface area contributed by atoms with Gasteiger partial charge in [0.15, 0.2) is 5.75 Å². The van der Waals surface area contributed by atoms with Gasteiger partial charge in [-0.25, -0.2) is 0 Å². The molecule has 1 aliphatic rings. The smallest absolute Gasteiger partial charge is 0.416 e. The Labute approximate surface area is 158 Å². The number of benzene rings is 3. The number of aliphatic hydroxyl groups is 1. The van der Waals surface area contributed by atoms with Crippen LogP contribution in [0.5, 0.6) is 11.5 Å². The van der Waals surface area contributed by atoms with E-state index in [2.05, 4.69) is 5.32 Å². The van der Waals surface area contributed by atoms with E-state index in [9.17, 15) is 23.1 Å². The molecule has 4 rings (SSSR count). The lowest BCUT2D eigenvalue weighted by atomic mass is 10.0. The largest absolute Gasteiger partial charge is 0.454 e. The van der Waals surface area contributed by atoms with Crippen LogP contribution in [0.15, 0.2) is 60.7 Å². The van der Waals surface area contributed by atoms with E-state index in [1.54, 1.807) is 36.4 Å². The number of rotatable bonds is 2. The number of carbonyl (C=O) groups is 1. The maximum Gasteiger partial charge on any atom is 0.416 e. The van der Waals surface area contributed by atoms with Crippen LogP contribution in [0.25, 0.3) is 11.1 Å². The lowest BCUT2D eigenvalue weighted by Crippen LogP contribution is -2.12. The van der Waals surface area contributed by atoms with Crippen molar-refractivity contribution in [2.45, 2.75) is 12.8 Å². The van der Waals surface area contributed by atoms with Crippen LogP contribution >= 0.6 is 0 Å². The molecular formula is C21H14F3NO3. The molecule has 0 aromatic heterocycles. The van der Waals surface area contributed by atoms with E-state index < -0.39 is 17.6 Å². The minimum absolute atomic E-state index is 0.0418. The topological polar surface area (TPSA) is 58.6 Å². The lowest BCUT2D eigenvalue weighted by Gasteiger charge is -2.11. The first-order chi connectivity index (χ1) is 13.3. The highest BCUT2D eigenvalue weighted by molar-refractivity contribution is 6.08. The molecule has 0 unspecified atom stereocenters. The number of nitrogens with one attached hydrogen (secondary N) is 1. The van der Waals surface area contributed by atoms with Gasteiger partial charge in [0.2, 0.25) is 0 Å². The monoisotopic (exact) mass is 385 g/mol. The first-order valence-corrected chi connectivity index (χ1v) is 8.40. The van der Waals surface area contributed by atoms with Crippen molar-refractivity contribution >= 4 is 11.6 Å². The summed E-state index contributed by atoms with van der Waals surface area (Å²) < 4.78 is 44.5. The number of carbonyl (C=O) groups excluding carboxylic acids is 1. The summed E-state index contributed by atoms with van der Waals surface area (Å²) in [5.41, 5.74) is 1.53. The summed E-state index contributed by atoms with van der Waals surface area (Å²) in [4.78, 5) is 12.6.